The van der Waals surface area contributed by atoms with Gasteiger partial charge < -0.3 is 16.0 Å². The van der Waals surface area contributed by atoms with Gasteiger partial charge in [-0.25, -0.2) is 4.79 Å². The van der Waals surface area contributed by atoms with Crippen molar-refractivity contribution in [2.24, 2.45) is 0 Å². The van der Waals surface area contributed by atoms with Crippen LogP contribution in [0.2, 0.25) is 10.0 Å². The van der Waals surface area contributed by atoms with Crippen LogP contribution in [-0.4, -0.2) is 21.9 Å². The van der Waals surface area contributed by atoms with E-state index in [-0.39, 0.29) is 28.2 Å². The summed E-state index contributed by atoms with van der Waals surface area (Å²) in [5.41, 5.74) is 3.26. The largest absolute Gasteiger partial charge is 0.332 e. The van der Waals surface area contributed by atoms with Crippen LogP contribution >= 0.6 is 23.2 Å². The van der Waals surface area contributed by atoms with E-state index in [4.69, 9.17) is 23.2 Å². The molecule has 4 rings (SSSR count). The second-order valence-corrected chi connectivity index (χ2v) is 8.01. The number of hydrogen-bond donors (Lipinski definition) is 3. The van der Waals surface area contributed by atoms with E-state index >= 15 is 0 Å². The van der Waals surface area contributed by atoms with Crippen LogP contribution in [0.15, 0.2) is 67.0 Å². The Hall–Kier alpha value is -3.68. The lowest BCUT2D eigenvalue weighted by molar-refractivity contribution is 0.102. The number of aromatic nitrogens is 2. The first-order valence-electron chi connectivity index (χ1n) is 10.0. The minimum Gasteiger partial charge on any atom is -0.332 e. The average molecular weight is 480 g/mol. The lowest BCUT2D eigenvalue weighted by Crippen LogP contribution is -2.29. The highest BCUT2D eigenvalue weighted by Gasteiger charge is 2.17. The molecular weight excluding hydrogens is 461 g/mol. The van der Waals surface area contributed by atoms with Crippen molar-refractivity contribution in [2.75, 3.05) is 10.6 Å². The summed E-state index contributed by atoms with van der Waals surface area (Å²) in [5, 5.41) is 9.66. The molecule has 33 heavy (non-hydrogen) atoms. The topological polar surface area (TPSA) is 96.0 Å². The number of nitrogens with zero attached hydrogens (tertiary/aromatic N) is 2. The molecule has 4 aromatic rings. The number of nitrogens with one attached hydrogen (secondary N) is 3. The van der Waals surface area contributed by atoms with Gasteiger partial charge in [0.2, 0.25) is 0 Å². The van der Waals surface area contributed by atoms with Crippen molar-refractivity contribution in [3.05, 3.63) is 93.9 Å². The lowest BCUT2D eigenvalue weighted by Gasteiger charge is -2.15. The molecule has 3 amide bonds. The molecule has 0 unspecified atom stereocenters. The molecule has 3 N–H and O–H groups in total. The van der Waals surface area contributed by atoms with Crippen LogP contribution in [0.4, 0.5) is 16.2 Å². The molecule has 9 heteroatoms. The van der Waals surface area contributed by atoms with Gasteiger partial charge >= 0.3 is 6.03 Å². The summed E-state index contributed by atoms with van der Waals surface area (Å²) in [4.78, 5) is 34.1. The van der Waals surface area contributed by atoms with Gasteiger partial charge in [-0.2, -0.15) is 0 Å². The minimum atomic E-state index is -0.455. The van der Waals surface area contributed by atoms with Crippen molar-refractivity contribution < 1.29 is 9.59 Å². The molecule has 0 aliphatic carbocycles. The molecule has 0 atom stereocenters. The molecule has 0 aliphatic rings. The van der Waals surface area contributed by atoms with Gasteiger partial charge in [-0.15, -0.1) is 0 Å². The second kappa shape index (κ2) is 9.85. The third-order valence-electron chi connectivity index (χ3n) is 4.92. The Labute approximate surface area is 200 Å². The molecule has 0 saturated heterocycles. The van der Waals surface area contributed by atoms with Gasteiger partial charge in [0.25, 0.3) is 5.91 Å². The summed E-state index contributed by atoms with van der Waals surface area (Å²) in [6, 6.07) is 15.3. The van der Waals surface area contributed by atoms with Crippen LogP contribution in [0, 0.1) is 6.92 Å². The Morgan fingerprint density at radius 2 is 1.67 bits per heavy atom. The van der Waals surface area contributed by atoms with Gasteiger partial charge in [0.1, 0.15) is 0 Å². The fourth-order valence-electron chi connectivity index (χ4n) is 3.32. The van der Waals surface area contributed by atoms with Gasteiger partial charge in [0.05, 0.1) is 44.7 Å². The van der Waals surface area contributed by atoms with Gasteiger partial charge in [0.15, 0.2) is 0 Å². The number of rotatable bonds is 5. The maximum absolute atomic E-state index is 12.9. The summed E-state index contributed by atoms with van der Waals surface area (Å²) in [6.07, 6.45) is 3.30. The molecule has 0 fully saturated rings. The van der Waals surface area contributed by atoms with Crippen LogP contribution in [0.3, 0.4) is 0 Å². The first-order valence-corrected chi connectivity index (χ1v) is 10.8. The van der Waals surface area contributed by atoms with Gasteiger partial charge in [-0.05, 0) is 42.8 Å². The lowest BCUT2D eigenvalue weighted by atomic mass is 10.1. The molecule has 0 aliphatic heterocycles. The summed E-state index contributed by atoms with van der Waals surface area (Å²) in [5.74, 6) is -0.455. The van der Waals surface area contributed by atoms with E-state index in [2.05, 4.69) is 25.9 Å². The van der Waals surface area contributed by atoms with E-state index < -0.39 is 5.91 Å². The summed E-state index contributed by atoms with van der Waals surface area (Å²) >= 11 is 12.3. The first-order chi connectivity index (χ1) is 15.9. The fraction of sp³-hybridized carbons (Fsp3) is 0.0833. The van der Waals surface area contributed by atoms with E-state index in [0.717, 1.165) is 11.3 Å². The number of anilines is 2. The Kier molecular flexibility index (Phi) is 6.72. The van der Waals surface area contributed by atoms with Crippen molar-refractivity contribution in [3.8, 4) is 0 Å². The number of urea groups is 1. The molecule has 7 nitrogen and oxygen atoms in total. The molecule has 0 radical (unpaired) electrons. The third kappa shape index (κ3) is 5.05. The zero-order valence-corrected chi connectivity index (χ0v) is 19.0. The Morgan fingerprint density at radius 1 is 0.909 bits per heavy atom. The first kappa shape index (κ1) is 22.5. The van der Waals surface area contributed by atoms with E-state index in [0.29, 0.717) is 22.3 Å². The van der Waals surface area contributed by atoms with Gasteiger partial charge in [-0.3, -0.25) is 14.8 Å². The molecule has 0 bridgehead atoms. The highest BCUT2D eigenvalue weighted by molar-refractivity contribution is 6.40. The smallest absolute Gasteiger partial charge is 0.319 e. The molecule has 2 aromatic carbocycles. The van der Waals surface area contributed by atoms with Crippen LogP contribution in [-0.2, 0) is 6.54 Å². The number of amides is 3. The summed E-state index contributed by atoms with van der Waals surface area (Å²) in [6.45, 7) is 2.13. The predicted molar refractivity (Wildman–Crippen MR) is 131 cm³/mol. The number of carbonyl (C=O) groups excluding carboxylic acids is 2. The van der Waals surface area contributed by atoms with Gasteiger partial charge in [-0.1, -0.05) is 47.5 Å². The van der Waals surface area contributed by atoms with E-state index in [9.17, 15) is 9.59 Å². The molecule has 0 spiro atoms. The highest BCUT2D eigenvalue weighted by Crippen LogP contribution is 2.31. The predicted octanol–water partition coefficient (Wildman–Crippen LogP) is 5.82. The quantitative estimate of drug-likeness (QED) is 0.336. The molecular formula is C24H19Cl2N5O2. The SMILES string of the molecule is Cc1cnc2c(NC(=O)c3c(Cl)cccc3Cl)cccc2c1NC(=O)NCc1ccccn1. The zero-order chi connectivity index (χ0) is 23.4. The number of carbonyl (C=O) groups is 2. The average Bonchev–Trinajstić information content (AvgIpc) is 2.80. The monoisotopic (exact) mass is 479 g/mol. The summed E-state index contributed by atoms with van der Waals surface area (Å²) in [7, 11) is 0. The molecule has 2 heterocycles. The third-order valence-corrected chi connectivity index (χ3v) is 5.55. The van der Waals surface area contributed by atoms with Crippen LogP contribution in [0.25, 0.3) is 10.9 Å². The Balaban J connectivity index is 1.59. The maximum atomic E-state index is 12.9. The fourth-order valence-corrected chi connectivity index (χ4v) is 3.89. The van der Waals surface area contributed by atoms with E-state index in [1.165, 1.54) is 0 Å². The van der Waals surface area contributed by atoms with Crippen molar-refractivity contribution in [2.45, 2.75) is 13.5 Å². The Morgan fingerprint density at radius 3 is 2.39 bits per heavy atom. The van der Waals surface area contributed by atoms with Crippen molar-refractivity contribution in [1.82, 2.24) is 15.3 Å². The van der Waals surface area contributed by atoms with Crippen molar-refractivity contribution in [3.63, 3.8) is 0 Å². The van der Waals surface area contributed by atoms with Gasteiger partial charge in [0, 0.05) is 17.8 Å². The number of aryl methyl sites for hydroxylation is 1. The molecule has 0 saturated carbocycles. The molecule has 2 aromatic heterocycles. The van der Waals surface area contributed by atoms with Crippen LogP contribution < -0.4 is 16.0 Å². The molecule has 166 valence electrons. The highest BCUT2D eigenvalue weighted by atomic mass is 35.5. The van der Waals surface area contributed by atoms with Crippen molar-refractivity contribution in [1.29, 1.82) is 0 Å². The zero-order valence-electron chi connectivity index (χ0n) is 17.5. The maximum Gasteiger partial charge on any atom is 0.319 e. The van der Waals surface area contributed by atoms with E-state index in [1.807, 2.05) is 31.2 Å². The number of para-hydroxylation sites is 1. The van der Waals surface area contributed by atoms with E-state index in [1.54, 1.807) is 42.7 Å². The van der Waals surface area contributed by atoms with Crippen LogP contribution in [0.1, 0.15) is 21.6 Å². The number of pyridine rings is 2. The van der Waals surface area contributed by atoms with Crippen LogP contribution in [0.5, 0.6) is 0 Å². The van der Waals surface area contributed by atoms with Crippen molar-refractivity contribution >= 4 is 57.4 Å². The Bertz CT molecular complexity index is 1330. The minimum absolute atomic E-state index is 0.178. The standard InChI is InChI=1S/C24H19Cl2N5O2/c1-14-12-28-22-16(21(14)31-24(33)29-13-15-6-2-3-11-27-15)7-4-10-19(22)30-23(32)20-17(25)8-5-9-18(20)26/h2-12H,13H2,1H3,(H,30,32)(H2,28,29,31,33). The number of fused-ring (bicyclic) bond motifs is 1. The number of hydrogen-bond acceptors (Lipinski definition) is 4. The number of benzene rings is 2. The normalized spacial score (nSPS) is 10.6. The second-order valence-electron chi connectivity index (χ2n) is 7.20. The number of halogens is 2. The summed E-state index contributed by atoms with van der Waals surface area (Å²) < 4.78 is 0.